The van der Waals surface area contributed by atoms with Gasteiger partial charge in [-0.2, -0.15) is 0 Å². The molecule has 1 aliphatic rings. The maximum Gasteiger partial charge on any atom is 0.305 e. The number of hydrogen-bond donors (Lipinski definition) is 4. The fraction of sp³-hybridized carbons (Fsp3) is 0.850. The molecule has 0 aliphatic carbocycles. The first kappa shape index (κ1) is 29.9. The van der Waals surface area contributed by atoms with Crippen LogP contribution in [0.15, 0.2) is 0 Å². The van der Waals surface area contributed by atoms with Gasteiger partial charge in [0.1, 0.15) is 0 Å². The molecule has 32 heavy (non-hydrogen) atoms. The zero-order valence-electron chi connectivity index (χ0n) is 19.0. The lowest BCUT2D eigenvalue weighted by Gasteiger charge is -2.33. The van der Waals surface area contributed by atoms with Gasteiger partial charge in [-0.25, -0.2) is 10.1 Å². The minimum absolute atomic E-state index is 0. The van der Waals surface area contributed by atoms with Crippen LogP contribution in [0.2, 0.25) is 0 Å². The molecule has 1 fully saturated rings. The van der Waals surface area contributed by atoms with Crippen LogP contribution in [0.3, 0.4) is 0 Å². The topological polar surface area (TPSA) is 164 Å². The van der Waals surface area contributed by atoms with Crippen molar-refractivity contribution in [3.05, 3.63) is 10.1 Å². The summed E-state index contributed by atoms with van der Waals surface area (Å²) in [5, 5.41) is 19.3. The van der Waals surface area contributed by atoms with Crippen LogP contribution in [0.5, 0.6) is 0 Å². The number of nitro groups is 1. The summed E-state index contributed by atoms with van der Waals surface area (Å²) in [5.41, 5.74) is 7.73. The summed E-state index contributed by atoms with van der Waals surface area (Å²) >= 11 is 0. The predicted octanol–water partition coefficient (Wildman–Crippen LogP) is 1.96. The Hall–Kier alpha value is -2.14. The summed E-state index contributed by atoms with van der Waals surface area (Å²) in [4.78, 5) is 35.8. The average Bonchev–Trinajstić information content (AvgIpc) is 2.73. The molecule has 0 bridgehead atoms. The zero-order valence-corrected chi connectivity index (χ0v) is 19.8. The number of hydrogen-bond acceptors (Lipinski definition) is 7. The fourth-order valence-corrected chi connectivity index (χ4v) is 3.76. The number of ether oxygens (including phenoxy) is 1. The Labute approximate surface area is 196 Å². The number of likely N-dealkylation sites (tertiary alicyclic amines) is 1. The van der Waals surface area contributed by atoms with Crippen LogP contribution in [0, 0.1) is 21.4 Å². The van der Waals surface area contributed by atoms with E-state index in [-0.39, 0.29) is 30.2 Å². The summed E-state index contributed by atoms with van der Waals surface area (Å²) in [6.07, 6.45) is 8.84. The highest BCUT2D eigenvalue weighted by Gasteiger charge is 2.25. The molecule has 0 aromatic carbocycles. The first-order valence-corrected chi connectivity index (χ1v) is 11.3. The largest absolute Gasteiger partial charge is 0.466 e. The molecule has 1 heterocycles. The quantitative estimate of drug-likeness (QED) is 0.0734. The molecule has 1 rings (SSSR count). The number of carbonyl (C=O) groups excluding carboxylic acids is 2. The molecule has 1 aliphatic heterocycles. The highest BCUT2D eigenvalue weighted by Crippen LogP contribution is 2.24. The maximum atomic E-state index is 12.5. The third kappa shape index (κ3) is 13.3. The number of guanidine groups is 1. The zero-order chi connectivity index (χ0) is 23.1. The molecule has 5 N–H and O–H groups in total. The predicted molar refractivity (Wildman–Crippen MR) is 124 cm³/mol. The molecule has 0 unspecified atom stereocenters. The van der Waals surface area contributed by atoms with Gasteiger partial charge in [-0.15, -0.1) is 12.4 Å². The van der Waals surface area contributed by atoms with E-state index in [0.29, 0.717) is 38.3 Å². The van der Waals surface area contributed by atoms with Crippen molar-refractivity contribution in [2.24, 2.45) is 11.7 Å². The van der Waals surface area contributed by atoms with E-state index in [9.17, 15) is 19.7 Å². The van der Waals surface area contributed by atoms with Crippen LogP contribution in [0.25, 0.3) is 0 Å². The number of carbonyl (C=O) groups is 2. The Bertz CT molecular complexity index is 587. The highest BCUT2D eigenvalue weighted by molar-refractivity contribution is 5.85. The molecule has 0 aromatic heterocycles. The van der Waals surface area contributed by atoms with Crippen molar-refractivity contribution in [2.75, 3.05) is 26.2 Å². The van der Waals surface area contributed by atoms with E-state index in [2.05, 4.69) is 5.32 Å². The number of unbranched alkanes of at least 4 members (excludes halogenated alkanes) is 3. The first-order valence-electron chi connectivity index (χ1n) is 11.3. The first-order chi connectivity index (χ1) is 14.8. The van der Waals surface area contributed by atoms with Gasteiger partial charge >= 0.3 is 5.97 Å². The van der Waals surface area contributed by atoms with Gasteiger partial charge in [0.2, 0.25) is 5.91 Å². The fourth-order valence-electron chi connectivity index (χ4n) is 3.76. The molecule has 186 valence electrons. The van der Waals surface area contributed by atoms with E-state index < -0.39 is 11.1 Å². The Kier molecular flexibility index (Phi) is 16.3. The lowest BCUT2D eigenvalue weighted by Crippen LogP contribution is -2.47. The number of amides is 1. The normalized spacial score (nSPS) is 14.8. The molecule has 0 aromatic rings. The third-order valence-corrected chi connectivity index (χ3v) is 5.49. The van der Waals surface area contributed by atoms with E-state index >= 15 is 0 Å². The summed E-state index contributed by atoms with van der Waals surface area (Å²) in [6, 6.07) is -0.588. The number of nitrogens with one attached hydrogen (secondary N) is 3. The van der Waals surface area contributed by atoms with E-state index in [0.717, 1.165) is 58.0 Å². The van der Waals surface area contributed by atoms with Gasteiger partial charge in [-0.05, 0) is 44.9 Å². The molecule has 1 saturated heterocycles. The lowest BCUT2D eigenvalue weighted by molar-refractivity contribution is -0.525. The van der Waals surface area contributed by atoms with Crippen LogP contribution in [0.1, 0.15) is 71.1 Å². The Morgan fingerprint density at radius 3 is 2.50 bits per heavy atom. The van der Waals surface area contributed by atoms with Gasteiger partial charge in [0, 0.05) is 26.1 Å². The van der Waals surface area contributed by atoms with Gasteiger partial charge in [0.25, 0.3) is 5.96 Å². The van der Waals surface area contributed by atoms with Gasteiger partial charge in [-0.1, -0.05) is 31.1 Å². The Balaban J connectivity index is 0.00000961. The average molecular weight is 479 g/mol. The van der Waals surface area contributed by atoms with Crippen LogP contribution in [-0.2, 0) is 14.3 Å². The lowest BCUT2D eigenvalue weighted by atomic mass is 9.90. The van der Waals surface area contributed by atoms with Gasteiger partial charge < -0.3 is 20.7 Å². The number of nitrogens with two attached hydrogens (primary N) is 1. The smallest absolute Gasteiger partial charge is 0.305 e. The standard InChI is InChI=1S/C20H38N6O5.ClH/c1-2-31-18(27)10-6-4-3-5-8-16-11-14-25(15-12-16)19(28)17(21)9-7-13-23-20(22)24-26(29)30;/h16-17H,2-15,21H2,1H3,(H3,22,23,24);1H/t17-;/m0./s1. The maximum absolute atomic E-state index is 12.5. The van der Waals surface area contributed by atoms with Crippen molar-refractivity contribution in [1.82, 2.24) is 15.6 Å². The molecule has 0 saturated carbocycles. The monoisotopic (exact) mass is 478 g/mol. The molecular weight excluding hydrogens is 440 g/mol. The van der Waals surface area contributed by atoms with Crippen molar-refractivity contribution in [3.63, 3.8) is 0 Å². The molecule has 1 atom stereocenters. The number of rotatable bonds is 14. The van der Waals surface area contributed by atoms with Crippen LogP contribution < -0.4 is 16.5 Å². The third-order valence-electron chi connectivity index (χ3n) is 5.49. The summed E-state index contributed by atoms with van der Waals surface area (Å²) < 4.78 is 4.92. The molecule has 0 spiro atoms. The minimum atomic E-state index is -0.805. The number of nitrogens with zero attached hydrogens (tertiary/aromatic N) is 2. The van der Waals surface area contributed by atoms with Crippen molar-refractivity contribution in [2.45, 2.75) is 77.2 Å². The van der Waals surface area contributed by atoms with E-state index in [1.807, 2.05) is 11.8 Å². The summed E-state index contributed by atoms with van der Waals surface area (Å²) in [7, 11) is 0. The number of halogens is 1. The number of esters is 1. The van der Waals surface area contributed by atoms with Crippen LogP contribution in [0.4, 0.5) is 0 Å². The molecule has 12 heteroatoms. The molecule has 11 nitrogen and oxygen atoms in total. The molecule has 1 amide bonds. The van der Waals surface area contributed by atoms with E-state index in [4.69, 9.17) is 15.9 Å². The summed E-state index contributed by atoms with van der Waals surface area (Å²) in [5.74, 6) is 0.0943. The second-order valence-electron chi connectivity index (χ2n) is 7.95. The van der Waals surface area contributed by atoms with Gasteiger partial charge in [0.05, 0.1) is 12.6 Å². The Morgan fingerprint density at radius 1 is 1.22 bits per heavy atom. The van der Waals surface area contributed by atoms with E-state index in [1.165, 1.54) is 0 Å². The van der Waals surface area contributed by atoms with Crippen molar-refractivity contribution in [3.8, 4) is 0 Å². The minimum Gasteiger partial charge on any atom is -0.466 e. The second kappa shape index (κ2) is 17.4. The van der Waals surface area contributed by atoms with Gasteiger partial charge in [0.15, 0.2) is 5.03 Å². The molecule has 0 radical (unpaired) electrons. The Morgan fingerprint density at radius 2 is 1.88 bits per heavy atom. The number of hydrazine groups is 1. The van der Waals surface area contributed by atoms with E-state index in [1.54, 1.807) is 5.43 Å². The van der Waals surface area contributed by atoms with Gasteiger partial charge in [-0.3, -0.25) is 15.0 Å². The van der Waals surface area contributed by atoms with Crippen molar-refractivity contribution in [1.29, 1.82) is 5.41 Å². The van der Waals surface area contributed by atoms with Crippen molar-refractivity contribution >= 4 is 30.2 Å². The number of piperidine rings is 1. The second-order valence-corrected chi connectivity index (χ2v) is 7.95. The van der Waals surface area contributed by atoms with Crippen LogP contribution >= 0.6 is 12.4 Å². The van der Waals surface area contributed by atoms with Crippen LogP contribution in [-0.4, -0.2) is 60.1 Å². The summed E-state index contributed by atoms with van der Waals surface area (Å²) in [6.45, 7) is 4.06. The highest BCUT2D eigenvalue weighted by atomic mass is 35.5. The molecular formula is C20H39ClN6O5. The SMILES string of the molecule is CCOC(=O)CCCCCCC1CCN(C(=O)[C@@H](N)CCCNC(=N)N[N+](=O)[O-])CC1.Cl. The van der Waals surface area contributed by atoms with Crippen molar-refractivity contribution < 1.29 is 19.4 Å².